The Labute approximate surface area is 177 Å². The maximum absolute atomic E-state index is 13.1. The van der Waals surface area contributed by atoms with Gasteiger partial charge in [-0.05, 0) is 44.4 Å². The highest BCUT2D eigenvalue weighted by molar-refractivity contribution is 6.46. The molecule has 1 N–H and O–H groups in total. The van der Waals surface area contributed by atoms with E-state index in [0.717, 1.165) is 31.2 Å². The van der Waals surface area contributed by atoms with Gasteiger partial charge in [-0.2, -0.15) is 0 Å². The van der Waals surface area contributed by atoms with Gasteiger partial charge in [-0.25, -0.2) is 0 Å². The summed E-state index contributed by atoms with van der Waals surface area (Å²) in [6.07, 6.45) is 3.84. The molecule has 156 valence electrons. The van der Waals surface area contributed by atoms with Crippen LogP contribution in [0, 0.1) is 0 Å². The number of benzene rings is 2. The predicted octanol–water partition coefficient (Wildman–Crippen LogP) is 4.84. The summed E-state index contributed by atoms with van der Waals surface area (Å²) in [7, 11) is 0. The predicted molar refractivity (Wildman–Crippen MR) is 115 cm³/mol. The molecule has 2 aliphatic rings. The molecular formula is C25H27NO4. The quantitative estimate of drug-likeness (QED) is 0.439. The van der Waals surface area contributed by atoms with Gasteiger partial charge in [-0.3, -0.25) is 9.59 Å². The molecule has 1 heterocycles. The van der Waals surface area contributed by atoms with Crippen molar-refractivity contribution in [3.05, 3.63) is 71.3 Å². The molecule has 1 amide bonds. The van der Waals surface area contributed by atoms with Crippen LogP contribution in [0.3, 0.4) is 0 Å². The van der Waals surface area contributed by atoms with E-state index in [2.05, 4.69) is 0 Å². The number of carbonyl (C=O) groups excluding carboxylic acids is 2. The third-order valence-corrected chi connectivity index (χ3v) is 5.79. The van der Waals surface area contributed by atoms with Gasteiger partial charge in [-0.15, -0.1) is 0 Å². The molecule has 0 bridgehead atoms. The Hall–Kier alpha value is -3.08. The summed E-state index contributed by atoms with van der Waals surface area (Å²) in [5, 5.41) is 11.2. The van der Waals surface area contributed by atoms with Crippen molar-refractivity contribution in [2.24, 2.45) is 0 Å². The second-order valence-corrected chi connectivity index (χ2v) is 8.25. The number of aliphatic hydroxyl groups is 1. The maximum atomic E-state index is 13.1. The van der Waals surface area contributed by atoms with E-state index in [1.165, 1.54) is 0 Å². The second-order valence-electron chi connectivity index (χ2n) is 8.25. The van der Waals surface area contributed by atoms with Crippen molar-refractivity contribution in [2.45, 2.75) is 57.7 Å². The molecule has 0 aromatic heterocycles. The van der Waals surface area contributed by atoms with Gasteiger partial charge in [0.05, 0.1) is 17.7 Å². The molecule has 30 heavy (non-hydrogen) atoms. The first-order valence-corrected chi connectivity index (χ1v) is 10.6. The molecule has 5 heteroatoms. The van der Waals surface area contributed by atoms with Crippen molar-refractivity contribution in [3.63, 3.8) is 0 Å². The summed E-state index contributed by atoms with van der Waals surface area (Å²) >= 11 is 0. The third kappa shape index (κ3) is 3.72. The van der Waals surface area contributed by atoms with Crippen LogP contribution in [0.2, 0.25) is 0 Å². The van der Waals surface area contributed by atoms with Crippen LogP contribution in [0.25, 0.3) is 5.76 Å². The normalized spacial score (nSPS) is 21.6. The number of aliphatic hydroxyl groups excluding tert-OH is 1. The van der Waals surface area contributed by atoms with Crippen molar-refractivity contribution in [3.8, 4) is 5.75 Å². The van der Waals surface area contributed by atoms with Crippen LogP contribution in [0.5, 0.6) is 5.75 Å². The highest BCUT2D eigenvalue weighted by Gasteiger charge is 2.49. The molecular weight excluding hydrogens is 378 g/mol. The lowest BCUT2D eigenvalue weighted by Gasteiger charge is -2.30. The van der Waals surface area contributed by atoms with E-state index in [4.69, 9.17) is 4.74 Å². The molecule has 2 aromatic carbocycles. The fourth-order valence-corrected chi connectivity index (χ4v) is 4.52. The molecule has 5 nitrogen and oxygen atoms in total. The largest absolute Gasteiger partial charge is 0.507 e. The maximum Gasteiger partial charge on any atom is 0.295 e. The number of ketones is 1. The summed E-state index contributed by atoms with van der Waals surface area (Å²) in [6, 6.07) is 16.0. The van der Waals surface area contributed by atoms with Crippen LogP contribution in [-0.4, -0.2) is 33.8 Å². The van der Waals surface area contributed by atoms with Crippen LogP contribution in [0.1, 0.15) is 56.7 Å². The Bertz CT molecular complexity index is 974. The number of hydrogen-bond donors (Lipinski definition) is 1. The van der Waals surface area contributed by atoms with Gasteiger partial charge in [0.1, 0.15) is 11.5 Å². The average Bonchev–Trinajstić information content (AvgIpc) is 3.35. The molecule has 4 rings (SSSR count). The number of amides is 1. The second kappa shape index (κ2) is 8.34. The number of nitrogens with zero attached hydrogens (tertiary/aromatic N) is 1. The number of Topliss-reactive ketones (excluding diaryl/α,β-unsaturated/α-hetero) is 1. The molecule has 1 aliphatic carbocycles. The van der Waals surface area contributed by atoms with E-state index >= 15 is 0 Å². The topological polar surface area (TPSA) is 66.8 Å². The lowest BCUT2D eigenvalue weighted by atomic mass is 9.94. The first kappa shape index (κ1) is 20.2. The zero-order valence-electron chi connectivity index (χ0n) is 17.4. The molecule has 0 radical (unpaired) electrons. The smallest absolute Gasteiger partial charge is 0.295 e. The Morgan fingerprint density at radius 3 is 2.40 bits per heavy atom. The zero-order valence-corrected chi connectivity index (χ0v) is 17.4. The lowest BCUT2D eigenvalue weighted by molar-refractivity contribution is -0.141. The molecule has 1 unspecified atom stereocenters. The summed E-state index contributed by atoms with van der Waals surface area (Å²) in [4.78, 5) is 27.8. The number of likely N-dealkylation sites (tertiary alicyclic amines) is 1. The highest BCUT2D eigenvalue weighted by Crippen LogP contribution is 2.43. The van der Waals surface area contributed by atoms with Crippen molar-refractivity contribution in [2.75, 3.05) is 0 Å². The van der Waals surface area contributed by atoms with E-state index < -0.39 is 17.7 Å². The van der Waals surface area contributed by atoms with Gasteiger partial charge in [0, 0.05) is 11.6 Å². The minimum Gasteiger partial charge on any atom is -0.507 e. The lowest BCUT2D eigenvalue weighted by Crippen LogP contribution is -2.37. The van der Waals surface area contributed by atoms with E-state index in [1.807, 2.05) is 50.2 Å². The monoisotopic (exact) mass is 405 g/mol. The minimum absolute atomic E-state index is 0.0142. The van der Waals surface area contributed by atoms with Crippen LogP contribution < -0.4 is 4.74 Å². The SMILES string of the molecule is CC(C)Oc1cccc(/C(O)=C2/C(=O)C(=O)N(C3CCCC3)C2c2ccccc2)c1. The van der Waals surface area contributed by atoms with E-state index in [-0.39, 0.29) is 23.5 Å². The van der Waals surface area contributed by atoms with Crippen molar-refractivity contribution in [1.82, 2.24) is 4.90 Å². The van der Waals surface area contributed by atoms with Crippen molar-refractivity contribution >= 4 is 17.4 Å². The summed E-state index contributed by atoms with van der Waals surface area (Å²) < 4.78 is 5.73. The number of hydrogen-bond acceptors (Lipinski definition) is 4. The average molecular weight is 405 g/mol. The fraction of sp³-hybridized carbons (Fsp3) is 0.360. The van der Waals surface area contributed by atoms with Crippen LogP contribution >= 0.6 is 0 Å². The van der Waals surface area contributed by atoms with E-state index in [1.54, 1.807) is 23.1 Å². The van der Waals surface area contributed by atoms with E-state index in [9.17, 15) is 14.7 Å². The van der Waals surface area contributed by atoms with Gasteiger partial charge in [0.2, 0.25) is 0 Å². The molecule has 1 aliphatic heterocycles. The summed E-state index contributed by atoms with van der Waals surface area (Å²) in [5.74, 6) is -0.692. The molecule has 1 atom stereocenters. The molecule has 1 saturated carbocycles. The van der Waals surface area contributed by atoms with Gasteiger partial charge < -0.3 is 14.7 Å². The third-order valence-electron chi connectivity index (χ3n) is 5.79. The summed E-state index contributed by atoms with van der Waals surface area (Å²) in [6.45, 7) is 3.85. The Morgan fingerprint density at radius 2 is 1.73 bits per heavy atom. The standard InChI is InChI=1S/C25H27NO4/c1-16(2)30-20-14-8-11-18(15-20)23(27)21-22(17-9-4-3-5-10-17)26(25(29)24(21)28)19-12-6-7-13-19/h3-5,8-11,14-16,19,22,27H,6-7,12-13H2,1-2H3/b23-21-. The van der Waals surface area contributed by atoms with Crippen molar-refractivity contribution < 1.29 is 19.4 Å². The van der Waals surface area contributed by atoms with Gasteiger partial charge >= 0.3 is 0 Å². The first-order valence-electron chi connectivity index (χ1n) is 10.6. The van der Waals surface area contributed by atoms with Crippen LogP contribution in [-0.2, 0) is 9.59 Å². The zero-order chi connectivity index (χ0) is 21.3. The Kier molecular flexibility index (Phi) is 5.62. The molecule has 1 saturated heterocycles. The number of rotatable bonds is 5. The molecule has 2 aromatic rings. The number of carbonyl (C=O) groups is 2. The number of ether oxygens (including phenoxy) is 1. The highest BCUT2D eigenvalue weighted by atomic mass is 16.5. The van der Waals surface area contributed by atoms with Gasteiger partial charge in [-0.1, -0.05) is 55.3 Å². The minimum atomic E-state index is -0.622. The van der Waals surface area contributed by atoms with Crippen molar-refractivity contribution in [1.29, 1.82) is 0 Å². The Morgan fingerprint density at radius 1 is 1.03 bits per heavy atom. The summed E-state index contributed by atoms with van der Waals surface area (Å²) in [5.41, 5.74) is 1.46. The van der Waals surface area contributed by atoms with E-state index in [0.29, 0.717) is 11.3 Å². The molecule has 2 fully saturated rings. The first-order chi connectivity index (χ1) is 14.5. The van der Waals surface area contributed by atoms with Gasteiger partial charge in [0.15, 0.2) is 0 Å². The fourth-order valence-electron chi connectivity index (χ4n) is 4.52. The molecule has 0 spiro atoms. The Balaban J connectivity index is 1.83. The van der Waals surface area contributed by atoms with Gasteiger partial charge in [0.25, 0.3) is 11.7 Å². The van der Waals surface area contributed by atoms with Crippen LogP contribution in [0.15, 0.2) is 60.2 Å². The van der Waals surface area contributed by atoms with Crippen LogP contribution in [0.4, 0.5) is 0 Å².